The molecule has 0 unspecified atom stereocenters. The monoisotopic (exact) mass is 376 g/mol. The fraction of sp³-hybridized carbons (Fsp3) is 0.278. The Bertz CT molecular complexity index is 792. The highest BCUT2D eigenvalue weighted by molar-refractivity contribution is 6.32. The van der Waals surface area contributed by atoms with E-state index in [0.717, 1.165) is 0 Å². The zero-order valence-corrected chi connectivity index (χ0v) is 14.9. The molecule has 8 heteroatoms. The van der Waals surface area contributed by atoms with Gasteiger partial charge in [-0.1, -0.05) is 11.6 Å². The highest BCUT2D eigenvalue weighted by Gasteiger charge is 2.11. The van der Waals surface area contributed by atoms with E-state index >= 15 is 0 Å². The number of ether oxygens (including phenoxy) is 4. The number of pyridine rings is 1. The maximum atomic E-state index is 11.3. The standard InChI is InChI=1S/C18H17ClN2O5/c1-23-2-3-24-12-26-18-6-17(15(10-22)5-16(18)19)25-11-14-4-13(7-20)8-21-9-14/h4-6,8-10H,2-3,11-12H2,1H3. The fourth-order valence-corrected chi connectivity index (χ4v) is 2.20. The average Bonchev–Trinajstić information content (AvgIpc) is 2.67. The van der Waals surface area contributed by atoms with Crippen LogP contribution in [0, 0.1) is 11.3 Å². The van der Waals surface area contributed by atoms with Gasteiger partial charge in [0.25, 0.3) is 0 Å². The third kappa shape index (κ3) is 5.70. The summed E-state index contributed by atoms with van der Waals surface area (Å²) in [7, 11) is 1.57. The Balaban J connectivity index is 2.07. The Hall–Kier alpha value is -2.66. The zero-order chi connectivity index (χ0) is 18.8. The molecule has 1 aromatic heterocycles. The molecule has 2 rings (SSSR count). The van der Waals surface area contributed by atoms with E-state index in [1.54, 1.807) is 19.4 Å². The third-order valence-corrected chi connectivity index (χ3v) is 3.53. The predicted octanol–water partition coefficient (Wildman–Crippen LogP) is 3.00. The number of benzene rings is 1. The number of nitriles is 1. The number of carbonyl (C=O) groups is 1. The molecule has 0 N–H and O–H groups in total. The molecule has 0 aliphatic rings. The van der Waals surface area contributed by atoms with E-state index in [2.05, 4.69) is 4.98 Å². The second-order valence-corrected chi connectivity index (χ2v) is 5.49. The number of hydrogen-bond acceptors (Lipinski definition) is 7. The molecule has 136 valence electrons. The molecule has 0 spiro atoms. The maximum Gasteiger partial charge on any atom is 0.189 e. The van der Waals surface area contributed by atoms with Crippen molar-refractivity contribution in [2.24, 2.45) is 0 Å². The van der Waals surface area contributed by atoms with Crippen molar-refractivity contribution >= 4 is 17.9 Å². The molecule has 0 saturated carbocycles. The van der Waals surface area contributed by atoms with Crippen LogP contribution in [0.25, 0.3) is 0 Å². The van der Waals surface area contributed by atoms with Crippen molar-refractivity contribution in [3.8, 4) is 17.6 Å². The van der Waals surface area contributed by atoms with Crippen LogP contribution in [0.15, 0.2) is 30.6 Å². The second-order valence-electron chi connectivity index (χ2n) is 5.08. The first-order chi connectivity index (χ1) is 12.7. The van der Waals surface area contributed by atoms with E-state index in [1.165, 1.54) is 18.3 Å². The summed E-state index contributed by atoms with van der Waals surface area (Å²) in [4.78, 5) is 15.2. The number of nitrogens with zero attached hydrogens (tertiary/aromatic N) is 2. The van der Waals surface area contributed by atoms with E-state index in [-0.39, 0.29) is 24.0 Å². The van der Waals surface area contributed by atoms with Crippen molar-refractivity contribution in [1.29, 1.82) is 5.26 Å². The molecule has 0 saturated heterocycles. The second kappa shape index (κ2) is 10.4. The lowest BCUT2D eigenvalue weighted by Crippen LogP contribution is -2.08. The first-order valence-electron chi connectivity index (χ1n) is 7.63. The van der Waals surface area contributed by atoms with Gasteiger partial charge in [-0.3, -0.25) is 9.78 Å². The Morgan fingerprint density at radius 3 is 2.77 bits per heavy atom. The SMILES string of the molecule is COCCOCOc1cc(OCc2cncc(C#N)c2)c(C=O)cc1Cl. The van der Waals surface area contributed by atoms with Gasteiger partial charge in [-0.2, -0.15) is 5.26 Å². The van der Waals surface area contributed by atoms with Gasteiger partial charge in [-0.15, -0.1) is 0 Å². The van der Waals surface area contributed by atoms with Crippen LogP contribution in [-0.4, -0.2) is 38.4 Å². The summed E-state index contributed by atoms with van der Waals surface area (Å²) in [6.45, 7) is 0.948. The van der Waals surface area contributed by atoms with E-state index in [0.29, 0.717) is 42.1 Å². The van der Waals surface area contributed by atoms with Crippen LogP contribution in [0.5, 0.6) is 11.5 Å². The summed E-state index contributed by atoms with van der Waals surface area (Å²) in [5, 5.41) is 9.17. The minimum atomic E-state index is -0.0168. The van der Waals surface area contributed by atoms with Gasteiger partial charge in [0, 0.05) is 31.1 Å². The normalized spacial score (nSPS) is 10.2. The van der Waals surface area contributed by atoms with Crippen LogP contribution < -0.4 is 9.47 Å². The lowest BCUT2D eigenvalue weighted by Gasteiger charge is -2.13. The summed E-state index contributed by atoms with van der Waals surface area (Å²) in [5.41, 5.74) is 1.41. The molecule has 1 heterocycles. The summed E-state index contributed by atoms with van der Waals surface area (Å²) in [6.07, 6.45) is 3.68. The summed E-state index contributed by atoms with van der Waals surface area (Å²) in [5.74, 6) is 0.632. The van der Waals surface area contributed by atoms with Crippen LogP contribution in [0.1, 0.15) is 21.5 Å². The predicted molar refractivity (Wildman–Crippen MR) is 93.4 cm³/mol. The Morgan fingerprint density at radius 1 is 1.19 bits per heavy atom. The van der Waals surface area contributed by atoms with Crippen molar-refractivity contribution < 1.29 is 23.7 Å². The van der Waals surface area contributed by atoms with Crippen LogP contribution in [0.3, 0.4) is 0 Å². The van der Waals surface area contributed by atoms with E-state index in [9.17, 15) is 4.79 Å². The maximum absolute atomic E-state index is 11.3. The Labute approximate surface area is 156 Å². The molecule has 0 amide bonds. The molecule has 2 aromatic rings. The molecule has 0 aliphatic heterocycles. The van der Waals surface area contributed by atoms with Crippen LogP contribution >= 0.6 is 11.6 Å². The van der Waals surface area contributed by atoms with Gasteiger partial charge >= 0.3 is 0 Å². The minimum Gasteiger partial charge on any atom is -0.488 e. The Kier molecular flexibility index (Phi) is 7.83. The largest absolute Gasteiger partial charge is 0.488 e. The molecule has 7 nitrogen and oxygen atoms in total. The summed E-state index contributed by atoms with van der Waals surface area (Å²) < 4.78 is 21.2. The fourth-order valence-electron chi connectivity index (χ4n) is 1.97. The van der Waals surface area contributed by atoms with Crippen LogP contribution in [0.4, 0.5) is 0 Å². The van der Waals surface area contributed by atoms with Crippen molar-refractivity contribution in [2.45, 2.75) is 6.61 Å². The van der Waals surface area contributed by atoms with Gasteiger partial charge in [-0.25, -0.2) is 0 Å². The van der Waals surface area contributed by atoms with Crippen molar-refractivity contribution in [3.63, 3.8) is 0 Å². The van der Waals surface area contributed by atoms with Crippen molar-refractivity contribution in [3.05, 3.63) is 52.3 Å². The molecule has 0 bridgehead atoms. The molecular formula is C18H17ClN2O5. The van der Waals surface area contributed by atoms with E-state index in [4.69, 9.17) is 35.8 Å². The van der Waals surface area contributed by atoms with Gasteiger partial charge in [-0.05, 0) is 12.1 Å². The first-order valence-corrected chi connectivity index (χ1v) is 8.00. The van der Waals surface area contributed by atoms with Crippen LogP contribution in [0.2, 0.25) is 5.02 Å². The summed E-state index contributed by atoms with van der Waals surface area (Å²) >= 11 is 6.11. The summed E-state index contributed by atoms with van der Waals surface area (Å²) in [6, 6.07) is 6.64. The number of hydrogen-bond donors (Lipinski definition) is 0. The molecule has 1 aromatic carbocycles. The Morgan fingerprint density at radius 2 is 2.04 bits per heavy atom. The van der Waals surface area contributed by atoms with E-state index in [1.807, 2.05) is 6.07 Å². The smallest absolute Gasteiger partial charge is 0.189 e. The number of methoxy groups -OCH3 is 1. The van der Waals surface area contributed by atoms with Crippen molar-refractivity contribution in [2.75, 3.05) is 27.1 Å². The quantitative estimate of drug-likeness (QED) is 0.357. The van der Waals surface area contributed by atoms with Gasteiger partial charge in [0.05, 0.1) is 29.4 Å². The number of aldehydes is 1. The number of rotatable bonds is 10. The first kappa shape index (κ1) is 19.7. The molecule has 0 aliphatic carbocycles. The molecule has 0 radical (unpaired) electrons. The third-order valence-electron chi connectivity index (χ3n) is 3.24. The van der Waals surface area contributed by atoms with Gasteiger partial charge < -0.3 is 18.9 Å². The highest BCUT2D eigenvalue weighted by atomic mass is 35.5. The van der Waals surface area contributed by atoms with Gasteiger partial charge in [0.2, 0.25) is 0 Å². The highest BCUT2D eigenvalue weighted by Crippen LogP contribution is 2.32. The van der Waals surface area contributed by atoms with Gasteiger partial charge in [0.1, 0.15) is 24.2 Å². The van der Waals surface area contributed by atoms with Crippen LogP contribution in [-0.2, 0) is 16.1 Å². The lowest BCUT2D eigenvalue weighted by molar-refractivity contribution is -0.00852. The van der Waals surface area contributed by atoms with Crippen molar-refractivity contribution in [1.82, 2.24) is 4.98 Å². The molecule has 0 atom stereocenters. The lowest BCUT2D eigenvalue weighted by atomic mass is 10.2. The van der Waals surface area contributed by atoms with Gasteiger partial charge in [0.15, 0.2) is 13.1 Å². The molecule has 0 fully saturated rings. The molecular weight excluding hydrogens is 360 g/mol. The average molecular weight is 377 g/mol. The minimum absolute atomic E-state index is 0.0168. The number of carbonyl (C=O) groups excluding carboxylic acids is 1. The molecule has 26 heavy (non-hydrogen) atoms. The van der Waals surface area contributed by atoms with E-state index < -0.39 is 0 Å². The number of aromatic nitrogens is 1. The topological polar surface area (TPSA) is 90.7 Å². The zero-order valence-electron chi connectivity index (χ0n) is 14.1. The number of halogens is 1.